The van der Waals surface area contributed by atoms with Gasteiger partial charge in [-0.1, -0.05) is 11.6 Å². The first-order valence-electron chi connectivity index (χ1n) is 8.24. The quantitative estimate of drug-likeness (QED) is 0.775. The van der Waals surface area contributed by atoms with E-state index in [1.54, 1.807) is 25.7 Å². The fourth-order valence-electron chi connectivity index (χ4n) is 3.13. The summed E-state index contributed by atoms with van der Waals surface area (Å²) in [7, 11) is 1.64. The molecular weight excluding hydrogens is 338 g/mol. The van der Waals surface area contributed by atoms with Gasteiger partial charge in [-0.05, 0) is 37.5 Å². The molecule has 0 saturated heterocycles. The first-order valence-corrected chi connectivity index (χ1v) is 8.62. The maximum atomic E-state index is 6.22. The van der Waals surface area contributed by atoms with Crippen molar-refractivity contribution in [1.29, 1.82) is 0 Å². The van der Waals surface area contributed by atoms with Crippen molar-refractivity contribution in [1.82, 2.24) is 19.7 Å². The molecule has 25 heavy (non-hydrogen) atoms. The van der Waals surface area contributed by atoms with Crippen LogP contribution in [-0.4, -0.2) is 33.4 Å². The van der Waals surface area contributed by atoms with E-state index in [-0.39, 0.29) is 0 Å². The minimum absolute atomic E-state index is 0.634. The lowest BCUT2D eigenvalue weighted by atomic mass is 10.1. The normalized spacial score (nSPS) is 13.7. The maximum Gasteiger partial charge on any atom is 0.144 e. The molecule has 1 aromatic carbocycles. The topological polar surface area (TPSA) is 64.9 Å². The Labute approximate surface area is 150 Å². The van der Waals surface area contributed by atoms with Crippen LogP contribution < -0.4 is 10.1 Å². The Morgan fingerprint density at radius 3 is 2.96 bits per heavy atom. The monoisotopic (exact) mass is 355 g/mol. The van der Waals surface area contributed by atoms with Gasteiger partial charge in [-0.3, -0.25) is 9.97 Å². The molecule has 0 amide bonds. The molecule has 1 aliphatic rings. The molecule has 3 aromatic rings. The number of rotatable bonds is 3. The minimum Gasteiger partial charge on any atom is -0.494 e. The van der Waals surface area contributed by atoms with E-state index in [4.69, 9.17) is 21.4 Å². The second-order valence-electron chi connectivity index (χ2n) is 5.88. The number of halogens is 1. The molecule has 2 aromatic heterocycles. The number of nitrogens with one attached hydrogen (secondary N) is 1. The molecule has 7 heteroatoms. The SMILES string of the molecule is COc1ccc(Cl)cc1-n1nc(-c2cnccn2)c2c1NCCCC2. The fraction of sp³-hybridized carbons (Fsp3) is 0.278. The second-order valence-corrected chi connectivity index (χ2v) is 6.31. The molecule has 0 bridgehead atoms. The van der Waals surface area contributed by atoms with Gasteiger partial charge in [0.1, 0.15) is 28.6 Å². The molecule has 0 fully saturated rings. The third-order valence-corrected chi connectivity index (χ3v) is 4.54. The molecule has 4 rings (SSSR count). The Morgan fingerprint density at radius 2 is 2.16 bits per heavy atom. The summed E-state index contributed by atoms with van der Waals surface area (Å²) in [5, 5.41) is 8.98. The number of fused-ring (bicyclic) bond motifs is 1. The summed E-state index contributed by atoms with van der Waals surface area (Å²) < 4.78 is 7.39. The average Bonchev–Trinajstić information content (AvgIpc) is 2.83. The Bertz CT molecular complexity index is 894. The van der Waals surface area contributed by atoms with Crippen LogP contribution in [0.2, 0.25) is 5.02 Å². The number of hydrogen-bond acceptors (Lipinski definition) is 5. The van der Waals surface area contributed by atoms with Crippen molar-refractivity contribution in [2.24, 2.45) is 0 Å². The van der Waals surface area contributed by atoms with Crippen LogP contribution in [0.15, 0.2) is 36.8 Å². The summed E-state index contributed by atoms with van der Waals surface area (Å²) in [5.74, 6) is 1.69. The molecule has 0 aliphatic carbocycles. The van der Waals surface area contributed by atoms with Crippen molar-refractivity contribution in [3.8, 4) is 22.8 Å². The van der Waals surface area contributed by atoms with E-state index in [0.717, 1.165) is 54.3 Å². The molecule has 0 radical (unpaired) electrons. The van der Waals surface area contributed by atoms with Gasteiger partial charge >= 0.3 is 0 Å². The summed E-state index contributed by atoms with van der Waals surface area (Å²) in [4.78, 5) is 8.62. The molecule has 0 saturated carbocycles. The average molecular weight is 356 g/mol. The molecule has 6 nitrogen and oxygen atoms in total. The summed E-state index contributed by atoms with van der Waals surface area (Å²) in [6.07, 6.45) is 8.25. The Morgan fingerprint density at radius 1 is 1.24 bits per heavy atom. The molecule has 0 unspecified atom stereocenters. The third-order valence-electron chi connectivity index (χ3n) is 4.30. The molecule has 1 N–H and O–H groups in total. The third kappa shape index (κ3) is 2.93. The fourth-order valence-corrected chi connectivity index (χ4v) is 3.30. The van der Waals surface area contributed by atoms with Crippen LogP contribution in [0.25, 0.3) is 17.1 Å². The summed E-state index contributed by atoms with van der Waals surface area (Å²) in [6.45, 7) is 0.904. The highest BCUT2D eigenvalue weighted by molar-refractivity contribution is 6.30. The van der Waals surface area contributed by atoms with Crippen molar-refractivity contribution in [3.05, 3.63) is 47.4 Å². The summed E-state index contributed by atoms with van der Waals surface area (Å²) >= 11 is 6.22. The van der Waals surface area contributed by atoms with Crippen LogP contribution >= 0.6 is 11.6 Å². The van der Waals surface area contributed by atoms with Gasteiger partial charge in [0.2, 0.25) is 0 Å². The van der Waals surface area contributed by atoms with Crippen molar-refractivity contribution >= 4 is 17.4 Å². The predicted octanol–water partition coefficient (Wildman–Crippen LogP) is 3.74. The first-order chi connectivity index (χ1) is 12.3. The predicted molar refractivity (Wildman–Crippen MR) is 97.6 cm³/mol. The van der Waals surface area contributed by atoms with Crippen LogP contribution in [0.1, 0.15) is 18.4 Å². The van der Waals surface area contributed by atoms with Gasteiger partial charge in [-0.15, -0.1) is 0 Å². The van der Waals surface area contributed by atoms with Crippen LogP contribution in [0.4, 0.5) is 5.82 Å². The maximum absolute atomic E-state index is 6.22. The molecule has 128 valence electrons. The van der Waals surface area contributed by atoms with Crippen molar-refractivity contribution in [2.45, 2.75) is 19.3 Å². The zero-order chi connectivity index (χ0) is 17.2. The highest BCUT2D eigenvalue weighted by atomic mass is 35.5. The summed E-state index contributed by atoms with van der Waals surface area (Å²) in [6, 6.07) is 5.52. The molecule has 0 spiro atoms. The van der Waals surface area contributed by atoms with Gasteiger partial charge in [-0.25, -0.2) is 4.68 Å². The number of nitrogens with zero attached hydrogens (tertiary/aromatic N) is 4. The van der Waals surface area contributed by atoms with E-state index in [2.05, 4.69) is 15.3 Å². The number of methoxy groups -OCH3 is 1. The Hall–Kier alpha value is -2.60. The standard InChI is InChI=1S/C18H18ClN5O/c1-25-16-6-5-12(19)10-15(16)24-18-13(4-2-3-7-22-18)17(23-24)14-11-20-8-9-21-14/h5-6,8-11,22H,2-4,7H2,1H3. The number of ether oxygens (including phenoxy) is 1. The van der Waals surface area contributed by atoms with Gasteiger partial charge in [-0.2, -0.15) is 5.10 Å². The Balaban J connectivity index is 1.95. The van der Waals surface area contributed by atoms with E-state index < -0.39 is 0 Å². The lowest BCUT2D eigenvalue weighted by molar-refractivity contribution is 0.412. The van der Waals surface area contributed by atoms with Gasteiger partial charge < -0.3 is 10.1 Å². The van der Waals surface area contributed by atoms with E-state index in [1.165, 1.54) is 0 Å². The number of anilines is 1. The van der Waals surface area contributed by atoms with E-state index in [9.17, 15) is 0 Å². The summed E-state index contributed by atoms with van der Waals surface area (Å²) in [5.41, 5.74) is 3.57. The van der Waals surface area contributed by atoms with Crippen molar-refractivity contribution < 1.29 is 4.74 Å². The van der Waals surface area contributed by atoms with Gasteiger partial charge in [0.05, 0.1) is 13.3 Å². The van der Waals surface area contributed by atoms with Gasteiger partial charge in [0, 0.05) is 29.5 Å². The zero-order valence-electron chi connectivity index (χ0n) is 13.9. The highest BCUT2D eigenvalue weighted by Crippen LogP contribution is 2.36. The first kappa shape index (κ1) is 15.9. The van der Waals surface area contributed by atoms with E-state index >= 15 is 0 Å². The lowest BCUT2D eigenvalue weighted by Crippen LogP contribution is -2.08. The van der Waals surface area contributed by atoms with Crippen LogP contribution in [0.3, 0.4) is 0 Å². The number of aromatic nitrogens is 4. The highest BCUT2D eigenvalue weighted by Gasteiger charge is 2.24. The van der Waals surface area contributed by atoms with Crippen molar-refractivity contribution in [3.63, 3.8) is 0 Å². The zero-order valence-corrected chi connectivity index (χ0v) is 14.6. The van der Waals surface area contributed by atoms with Crippen LogP contribution in [-0.2, 0) is 6.42 Å². The largest absolute Gasteiger partial charge is 0.494 e. The molecular formula is C18H18ClN5O. The number of benzene rings is 1. The minimum atomic E-state index is 0.634. The Kier molecular flexibility index (Phi) is 4.28. The van der Waals surface area contributed by atoms with Crippen LogP contribution in [0, 0.1) is 0 Å². The second kappa shape index (κ2) is 6.72. The smallest absolute Gasteiger partial charge is 0.144 e. The van der Waals surface area contributed by atoms with Gasteiger partial charge in [0.25, 0.3) is 0 Å². The van der Waals surface area contributed by atoms with Gasteiger partial charge in [0.15, 0.2) is 0 Å². The molecule has 0 atom stereocenters. The lowest BCUT2D eigenvalue weighted by Gasteiger charge is -2.13. The van der Waals surface area contributed by atoms with E-state index in [0.29, 0.717) is 10.8 Å². The molecule has 3 heterocycles. The number of hydrogen-bond donors (Lipinski definition) is 1. The van der Waals surface area contributed by atoms with Crippen LogP contribution in [0.5, 0.6) is 5.75 Å². The van der Waals surface area contributed by atoms with Crippen molar-refractivity contribution in [2.75, 3.05) is 19.0 Å². The molecule has 1 aliphatic heterocycles. The van der Waals surface area contributed by atoms with E-state index in [1.807, 2.05) is 22.9 Å².